The molecule has 20 heavy (non-hydrogen) atoms. The molecule has 1 atom stereocenters. The Labute approximate surface area is 120 Å². The summed E-state index contributed by atoms with van der Waals surface area (Å²) >= 11 is 0. The van der Waals surface area contributed by atoms with Crippen LogP contribution in [-0.4, -0.2) is 34.8 Å². The number of aliphatic hydroxyl groups is 1. The third-order valence-corrected chi connectivity index (χ3v) is 3.44. The van der Waals surface area contributed by atoms with Crippen molar-refractivity contribution in [3.8, 4) is 0 Å². The Bertz CT molecular complexity index is 479. The largest absolute Gasteiger partial charge is 0.444 e. The summed E-state index contributed by atoms with van der Waals surface area (Å²) in [5.74, 6) is 0.328. The van der Waals surface area contributed by atoms with E-state index in [-0.39, 0.29) is 12.7 Å². The molecule has 0 radical (unpaired) electrons. The van der Waals surface area contributed by atoms with Crippen LogP contribution >= 0.6 is 0 Å². The molecule has 1 saturated heterocycles. The van der Waals surface area contributed by atoms with Gasteiger partial charge in [0.1, 0.15) is 5.60 Å². The average molecular weight is 277 g/mol. The van der Waals surface area contributed by atoms with Crippen LogP contribution in [0.15, 0.2) is 24.3 Å². The van der Waals surface area contributed by atoms with Gasteiger partial charge in [0.2, 0.25) is 0 Å². The average Bonchev–Trinajstić information content (AvgIpc) is 2.86. The molecule has 1 N–H and O–H groups in total. The first kappa shape index (κ1) is 14.9. The van der Waals surface area contributed by atoms with Gasteiger partial charge in [0.25, 0.3) is 0 Å². The Morgan fingerprint density at radius 3 is 2.85 bits per heavy atom. The molecule has 0 aromatic heterocycles. The predicted molar refractivity (Wildman–Crippen MR) is 77.5 cm³/mol. The van der Waals surface area contributed by atoms with Gasteiger partial charge in [0, 0.05) is 19.0 Å². The second-order valence-electron chi connectivity index (χ2n) is 6.32. The zero-order valence-corrected chi connectivity index (χ0v) is 12.4. The molecule has 0 bridgehead atoms. The fourth-order valence-corrected chi connectivity index (χ4v) is 2.47. The SMILES string of the molecule is CC(C)(C)OC(=O)N1CCC(c2cccc(CO)c2)C1. The Morgan fingerprint density at radius 1 is 1.45 bits per heavy atom. The van der Waals surface area contributed by atoms with Crippen molar-refractivity contribution in [2.75, 3.05) is 13.1 Å². The smallest absolute Gasteiger partial charge is 0.410 e. The molecule has 1 aromatic carbocycles. The van der Waals surface area contributed by atoms with Crippen LogP contribution in [0.2, 0.25) is 0 Å². The van der Waals surface area contributed by atoms with Crippen molar-refractivity contribution < 1.29 is 14.6 Å². The molecule has 110 valence electrons. The highest BCUT2D eigenvalue weighted by Crippen LogP contribution is 2.28. The molecule has 1 unspecified atom stereocenters. The molecule has 0 saturated carbocycles. The first-order chi connectivity index (χ1) is 9.39. The highest BCUT2D eigenvalue weighted by molar-refractivity contribution is 5.68. The molecule has 1 aromatic rings. The van der Waals surface area contributed by atoms with E-state index in [1.165, 1.54) is 5.56 Å². The lowest BCUT2D eigenvalue weighted by molar-refractivity contribution is 0.0292. The summed E-state index contributed by atoms with van der Waals surface area (Å²) in [6, 6.07) is 7.94. The molecule has 1 fully saturated rings. The van der Waals surface area contributed by atoms with Crippen molar-refractivity contribution in [2.24, 2.45) is 0 Å². The molecule has 1 heterocycles. The number of carbonyl (C=O) groups excluding carboxylic acids is 1. The number of aliphatic hydroxyl groups excluding tert-OH is 1. The summed E-state index contributed by atoms with van der Waals surface area (Å²) in [6.45, 7) is 7.10. The van der Waals surface area contributed by atoms with Crippen LogP contribution in [0.5, 0.6) is 0 Å². The van der Waals surface area contributed by atoms with Crippen LogP contribution in [0.1, 0.15) is 44.2 Å². The van der Waals surface area contributed by atoms with E-state index in [2.05, 4.69) is 6.07 Å². The second kappa shape index (κ2) is 5.83. The minimum atomic E-state index is -0.452. The van der Waals surface area contributed by atoms with Crippen molar-refractivity contribution in [1.82, 2.24) is 4.90 Å². The number of amides is 1. The van der Waals surface area contributed by atoms with Crippen molar-refractivity contribution in [3.63, 3.8) is 0 Å². The molecule has 0 spiro atoms. The normalized spacial score (nSPS) is 19.2. The Hall–Kier alpha value is -1.55. The number of hydrogen-bond donors (Lipinski definition) is 1. The fraction of sp³-hybridized carbons (Fsp3) is 0.562. The monoisotopic (exact) mass is 277 g/mol. The Morgan fingerprint density at radius 2 is 2.20 bits per heavy atom. The number of hydrogen-bond acceptors (Lipinski definition) is 3. The summed E-state index contributed by atoms with van der Waals surface area (Å²) < 4.78 is 5.40. The number of rotatable bonds is 2. The highest BCUT2D eigenvalue weighted by atomic mass is 16.6. The zero-order valence-electron chi connectivity index (χ0n) is 12.4. The number of nitrogens with zero attached hydrogens (tertiary/aromatic N) is 1. The Kier molecular flexibility index (Phi) is 4.33. The molecular weight excluding hydrogens is 254 g/mol. The standard InChI is InChI=1S/C16H23NO3/c1-16(2,3)20-15(19)17-8-7-14(10-17)13-6-4-5-12(9-13)11-18/h4-6,9,14,18H,7-8,10-11H2,1-3H3. The molecule has 1 aliphatic heterocycles. The lowest BCUT2D eigenvalue weighted by Crippen LogP contribution is -2.35. The van der Waals surface area contributed by atoms with Crippen LogP contribution < -0.4 is 0 Å². The number of benzene rings is 1. The van der Waals surface area contributed by atoms with E-state index in [1.807, 2.05) is 39.0 Å². The molecular formula is C16H23NO3. The lowest BCUT2D eigenvalue weighted by atomic mass is 9.97. The third-order valence-electron chi connectivity index (χ3n) is 3.44. The van der Waals surface area contributed by atoms with Crippen molar-refractivity contribution in [3.05, 3.63) is 35.4 Å². The van der Waals surface area contributed by atoms with Gasteiger partial charge in [-0.15, -0.1) is 0 Å². The summed E-state index contributed by atoms with van der Waals surface area (Å²) in [6.07, 6.45) is 0.701. The van der Waals surface area contributed by atoms with E-state index in [4.69, 9.17) is 4.74 Å². The summed E-state index contributed by atoms with van der Waals surface area (Å²) in [5.41, 5.74) is 1.65. The van der Waals surface area contributed by atoms with E-state index in [0.29, 0.717) is 12.5 Å². The van der Waals surface area contributed by atoms with Crippen molar-refractivity contribution in [1.29, 1.82) is 0 Å². The highest BCUT2D eigenvalue weighted by Gasteiger charge is 2.30. The molecule has 2 rings (SSSR count). The van der Waals surface area contributed by atoms with Crippen molar-refractivity contribution >= 4 is 6.09 Å². The van der Waals surface area contributed by atoms with Crippen molar-refractivity contribution in [2.45, 2.75) is 45.3 Å². The molecule has 4 nitrogen and oxygen atoms in total. The van der Waals surface area contributed by atoms with Crippen LogP contribution in [0, 0.1) is 0 Å². The summed E-state index contributed by atoms with van der Waals surface area (Å²) in [7, 11) is 0. The number of carbonyl (C=O) groups is 1. The number of ether oxygens (including phenoxy) is 1. The molecule has 4 heteroatoms. The van der Waals surface area contributed by atoms with Crippen LogP contribution in [0.4, 0.5) is 4.79 Å². The van der Waals surface area contributed by atoms with E-state index < -0.39 is 5.60 Å². The van der Waals surface area contributed by atoms with Gasteiger partial charge >= 0.3 is 6.09 Å². The van der Waals surface area contributed by atoms with E-state index in [9.17, 15) is 9.90 Å². The van der Waals surface area contributed by atoms with Gasteiger partial charge in [0.05, 0.1) is 6.61 Å². The summed E-state index contributed by atoms with van der Waals surface area (Å²) in [4.78, 5) is 13.8. The van der Waals surface area contributed by atoms with E-state index in [1.54, 1.807) is 4.90 Å². The lowest BCUT2D eigenvalue weighted by Gasteiger charge is -2.24. The van der Waals surface area contributed by atoms with Gasteiger partial charge in [-0.1, -0.05) is 24.3 Å². The van der Waals surface area contributed by atoms with Crippen LogP contribution in [0.3, 0.4) is 0 Å². The topological polar surface area (TPSA) is 49.8 Å². The van der Waals surface area contributed by atoms with Gasteiger partial charge in [-0.2, -0.15) is 0 Å². The number of likely N-dealkylation sites (tertiary alicyclic amines) is 1. The van der Waals surface area contributed by atoms with Gasteiger partial charge < -0.3 is 14.7 Å². The second-order valence-corrected chi connectivity index (χ2v) is 6.32. The first-order valence-corrected chi connectivity index (χ1v) is 7.06. The fourth-order valence-electron chi connectivity index (χ4n) is 2.47. The molecule has 1 amide bonds. The zero-order chi connectivity index (χ0) is 14.8. The van der Waals surface area contributed by atoms with Crippen LogP contribution in [0.25, 0.3) is 0 Å². The maximum Gasteiger partial charge on any atom is 0.410 e. The van der Waals surface area contributed by atoms with E-state index in [0.717, 1.165) is 18.5 Å². The minimum absolute atomic E-state index is 0.0519. The van der Waals surface area contributed by atoms with Gasteiger partial charge in [-0.25, -0.2) is 4.79 Å². The molecule has 1 aliphatic rings. The van der Waals surface area contributed by atoms with Gasteiger partial charge in [-0.05, 0) is 38.3 Å². The van der Waals surface area contributed by atoms with E-state index >= 15 is 0 Å². The maximum absolute atomic E-state index is 12.0. The van der Waals surface area contributed by atoms with Gasteiger partial charge in [-0.3, -0.25) is 0 Å². The quantitative estimate of drug-likeness (QED) is 0.904. The molecule has 0 aliphatic carbocycles. The van der Waals surface area contributed by atoms with Crippen LogP contribution in [-0.2, 0) is 11.3 Å². The van der Waals surface area contributed by atoms with Gasteiger partial charge in [0.15, 0.2) is 0 Å². The Balaban J connectivity index is 1.99. The predicted octanol–water partition coefficient (Wildman–Crippen LogP) is 2.90. The minimum Gasteiger partial charge on any atom is -0.444 e. The third kappa shape index (κ3) is 3.73. The summed E-state index contributed by atoms with van der Waals surface area (Å²) in [5, 5.41) is 9.19. The maximum atomic E-state index is 12.0. The first-order valence-electron chi connectivity index (χ1n) is 7.06.